The lowest BCUT2D eigenvalue weighted by Crippen LogP contribution is -2.19. The lowest BCUT2D eigenvalue weighted by molar-refractivity contribution is -0.117. The van der Waals surface area contributed by atoms with Gasteiger partial charge in [0.25, 0.3) is 4.46 Å². The fourth-order valence-corrected chi connectivity index (χ4v) is 1.71. The number of hydrogen-bond acceptors (Lipinski definition) is 3. The fraction of sp³-hybridized carbons (Fsp3) is 0.300. The van der Waals surface area contributed by atoms with Crippen molar-refractivity contribution in [3.63, 3.8) is 0 Å². The lowest BCUT2D eigenvalue weighted by Gasteiger charge is -2.08. The van der Waals surface area contributed by atoms with Crippen LogP contribution in [0.4, 0.5) is 5.69 Å². The van der Waals surface area contributed by atoms with E-state index in [0.717, 1.165) is 0 Å². The molecule has 0 aliphatic heterocycles. The zero-order valence-corrected chi connectivity index (χ0v) is 12.0. The molecule has 0 saturated carbocycles. The van der Waals surface area contributed by atoms with E-state index in [-0.39, 0.29) is 0 Å². The van der Waals surface area contributed by atoms with Gasteiger partial charge in [-0.3, -0.25) is 4.79 Å². The highest BCUT2D eigenvalue weighted by molar-refractivity contribution is 6.57. The van der Waals surface area contributed by atoms with E-state index in [4.69, 9.17) is 46.4 Å². The first-order chi connectivity index (χ1) is 7.74. The minimum atomic E-state index is -1.89. The highest BCUT2D eigenvalue weighted by Crippen LogP contribution is 2.34. The molecule has 0 amide bonds. The van der Waals surface area contributed by atoms with E-state index in [1.165, 1.54) is 13.0 Å². The summed E-state index contributed by atoms with van der Waals surface area (Å²) in [7, 11) is 0. The first kappa shape index (κ1) is 14.7. The summed E-state index contributed by atoms with van der Waals surface area (Å²) in [6.07, 6.45) is 0. The Hall–Kier alpha value is -0.350. The van der Waals surface area contributed by atoms with Gasteiger partial charge < -0.3 is 0 Å². The molecule has 0 aliphatic rings. The van der Waals surface area contributed by atoms with Crippen LogP contribution in [0.3, 0.4) is 0 Å². The van der Waals surface area contributed by atoms with Crippen LogP contribution in [0.2, 0.25) is 10.0 Å². The van der Waals surface area contributed by atoms with Crippen LogP contribution in [0.5, 0.6) is 0 Å². The Labute approximate surface area is 119 Å². The topological polar surface area (TPSA) is 41.8 Å². The Bertz CT molecular complexity index is 462. The van der Waals surface area contributed by atoms with E-state index in [1.54, 1.807) is 13.0 Å². The Morgan fingerprint density at radius 3 is 2.35 bits per heavy atom. The van der Waals surface area contributed by atoms with Gasteiger partial charge in [-0.05, 0) is 31.5 Å². The Kier molecular flexibility index (Phi) is 4.78. The highest BCUT2D eigenvalue weighted by atomic mass is 35.5. The number of carbonyl (C=O) groups excluding carboxylic acids is 1. The van der Waals surface area contributed by atoms with Crippen molar-refractivity contribution in [1.82, 2.24) is 0 Å². The van der Waals surface area contributed by atoms with Gasteiger partial charge in [0.2, 0.25) is 0 Å². The normalized spacial score (nSPS) is 12.1. The Balaban J connectivity index is 3.12. The summed E-state index contributed by atoms with van der Waals surface area (Å²) >= 11 is 23.0. The molecule has 0 heterocycles. The number of carbonyl (C=O) groups is 1. The van der Waals surface area contributed by atoms with Gasteiger partial charge in [-0.25, -0.2) is 0 Å². The van der Waals surface area contributed by atoms with Crippen molar-refractivity contribution in [2.24, 2.45) is 10.2 Å². The third-order valence-electron chi connectivity index (χ3n) is 1.92. The quantitative estimate of drug-likeness (QED) is 0.434. The molecule has 7 heteroatoms. The maximum atomic E-state index is 11.0. The van der Waals surface area contributed by atoms with E-state index in [0.29, 0.717) is 21.3 Å². The van der Waals surface area contributed by atoms with Crippen LogP contribution in [-0.2, 0) is 4.79 Å². The van der Waals surface area contributed by atoms with E-state index in [1.807, 2.05) is 0 Å². The third-order valence-corrected chi connectivity index (χ3v) is 3.11. The van der Waals surface area contributed by atoms with Gasteiger partial charge in [0, 0.05) is 5.02 Å². The van der Waals surface area contributed by atoms with Crippen molar-refractivity contribution < 1.29 is 4.79 Å². The molecule has 3 nitrogen and oxygen atoms in total. The molecule has 1 aromatic carbocycles. The molecule has 0 N–H and O–H groups in total. The molecule has 0 unspecified atom stereocenters. The SMILES string of the molecule is CC(=O)C(Cl)(Cl)N=Nc1c(C)cc(Cl)cc1Cl. The number of ketones is 1. The summed E-state index contributed by atoms with van der Waals surface area (Å²) in [4.78, 5) is 11.0. The van der Waals surface area contributed by atoms with Gasteiger partial charge in [0.1, 0.15) is 5.69 Å². The molecule has 0 radical (unpaired) electrons. The number of benzene rings is 1. The third kappa shape index (κ3) is 3.81. The van der Waals surface area contributed by atoms with Crippen molar-refractivity contribution in [2.75, 3.05) is 0 Å². The maximum absolute atomic E-state index is 11.0. The minimum absolute atomic E-state index is 0.312. The number of rotatable bonds is 3. The Morgan fingerprint density at radius 1 is 1.29 bits per heavy atom. The Morgan fingerprint density at radius 2 is 1.88 bits per heavy atom. The molecule has 17 heavy (non-hydrogen) atoms. The second-order valence-electron chi connectivity index (χ2n) is 3.35. The fourth-order valence-electron chi connectivity index (χ4n) is 1.00. The van der Waals surface area contributed by atoms with Crippen LogP contribution in [0.25, 0.3) is 0 Å². The number of nitrogens with zero attached hydrogens (tertiary/aromatic N) is 2. The molecular formula is C10H8Cl4N2O. The van der Waals surface area contributed by atoms with Crippen molar-refractivity contribution in [3.05, 3.63) is 27.7 Å². The lowest BCUT2D eigenvalue weighted by atomic mass is 10.2. The molecule has 0 aliphatic carbocycles. The number of alkyl halides is 2. The first-order valence-electron chi connectivity index (χ1n) is 4.51. The zero-order chi connectivity index (χ0) is 13.2. The standard InChI is InChI=1S/C10H8Cl4N2O/c1-5-3-7(11)4-8(12)9(5)15-16-10(13,14)6(2)17/h3-4H,1-2H3. The molecule has 0 saturated heterocycles. The van der Waals surface area contributed by atoms with Crippen molar-refractivity contribution in [3.8, 4) is 0 Å². The van der Waals surface area contributed by atoms with E-state index >= 15 is 0 Å². The smallest absolute Gasteiger partial charge is 0.285 e. The summed E-state index contributed by atoms with van der Waals surface area (Å²) in [5.41, 5.74) is 1.09. The number of azo groups is 1. The van der Waals surface area contributed by atoms with E-state index in [9.17, 15) is 4.79 Å². The van der Waals surface area contributed by atoms with Crippen LogP contribution in [0.15, 0.2) is 22.4 Å². The van der Waals surface area contributed by atoms with Crippen LogP contribution in [0, 0.1) is 6.92 Å². The minimum Gasteiger partial charge on any atom is -0.294 e. The second-order valence-corrected chi connectivity index (χ2v) is 5.48. The highest BCUT2D eigenvalue weighted by Gasteiger charge is 2.29. The molecule has 1 rings (SSSR count). The largest absolute Gasteiger partial charge is 0.294 e. The molecule has 0 aromatic heterocycles. The summed E-state index contributed by atoms with van der Waals surface area (Å²) in [6, 6.07) is 3.18. The number of hydrogen-bond donors (Lipinski definition) is 0. The molecular weight excluding hydrogens is 306 g/mol. The average molecular weight is 314 g/mol. The van der Waals surface area contributed by atoms with Gasteiger partial charge in [-0.1, -0.05) is 46.4 Å². The predicted octanol–water partition coefficient (Wildman–Crippen LogP) is 5.11. The predicted molar refractivity (Wildman–Crippen MR) is 70.8 cm³/mol. The van der Waals surface area contributed by atoms with Crippen molar-refractivity contribution >= 4 is 57.9 Å². The molecule has 1 aromatic rings. The van der Waals surface area contributed by atoms with Gasteiger partial charge >= 0.3 is 0 Å². The number of Topliss-reactive ketones (excluding diaryl/α,β-unsaturated/α-hetero) is 1. The molecule has 0 fully saturated rings. The van der Waals surface area contributed by atoms with Crippen molar-refractivity contribution in [2.45, 2.75) is 18.3 Å². The van der Waals surface area contributed by atoms with Crippen molar-refractivity contribution in [1.29, 1.82) is 0 Å². The van der Waals surface area contributed by atoms with Gasteiger partial charge in [-0.15, -0.1) is 5.11 Å². The number of halogens is 4. The van der Waals surface area contributed by atoms with Crippen LogP contribution < -0.4 is 0 Å². The summed E-state index contributed by atoms with van der Waals surface area (Å²) in [6.45, 7) is 2.97. The number of aryl methyl sites for hydroxylation is 1. The second kappa shape index (κ2) is 5.53. The first-order valence-corrected chi connectivity index (χ1v) is 6.02. The molecule has 0 bridgehead atoms. The summed E-state index contributed by atoms with van der Waals surface area (Å²) < 4.78 is -1.89. The summed E-state index contributed by atoms with van der Waals surface area (Å²) in [5, 5.41) is 8.14. The zero-order valence-electron chi connectivity index (χ0n) is 8.97. The molecule has 92 valence electrons. The monoisotopic (exact) mass is 312 g/mol. The molecule has 0 atom stereocenters. The van der Waals surface area contributed by atoms with Gasteiger partial charge in [-0.2, -0.15) is 5.11 Å². The molecule has 0 spiro atoms. The van der Waals surface area contributed by atoms with Crippen LogP contribution in [-0.4, -0.2) is 10.2 Å². The van der Waals surface area contributed by atoms with E-state index < -0.39 is 10.2 Å². The maximum Gasteiger partial charge on any atom is 0.285 e. The van der Waals surface area contributed by atoms with Crippen LogP contribution in [0.1, 0.15) is 12.5 Å². The summed E-state index contributed by atoms with van der Waals surface area (Å²) in [5.74, 6) is -0.521. The van der Waals surface area contributed by atoms with Crippen LogP contribution >= 0.6 is 46.4 Å². The van der Waals surface area contributed by atoms with E-state index in [2.05, 4.69) is 10.2 Å². The van der Waals surface area contributed by atoms with Gasteiger partial charge in [0.05, 0.1) is 5.02 Å². The van der Waals surface area contributed by atoms with Gasteiger partial charge in [0.15, 0.2) is 5.78 Å². The average Bonchev–Trinajstić information content (AvgIpc) is 2.15.